The molecule has 0 saturated carbocycles. The lowest BCUT2D eigenvalue weighted by atomic mass is 9.91. The van der Waals surface area contributed by atoms with E-state index in [0.29, 0.717) is 0 Å². The molecule has 0 bridgehead atoms. The smallest absolute Gasteiger partial charge is 0.318 e. The van der Waals surface area contributed by atoms with E-state index in [0.717, 1.165) is 16.8 Å². The zero-order chi connectivity index (χ0) is 15.9. The molecular formula is C20H17NO2. The molecule has 0 aliphatic carbocycles. The fraction of sp³-hybridized carbons (Fsp3) is 0.100. The summed E-state index contributed by atoms with van der Waals surface area (Å²) in [4.78, 5) is 16.8. The average molecular weight is 303 g/mol. The van der Waals surface area contributed by atoms with Crippen LogP contribution in [0.3, 0.4) is 0 Å². The zero-order valence-electron chi connectivity index (χ0n) is 12.6. The number of aromatic nitrogens is 1. The van der Waals surface area contributed by atoms with Crippen molar-refractivity contribution in [3.8, 4) is 0 Å². The normalized spacial score (nSPS) is 10.5. The van der Waals surface area contributed by atoms with Gasteiger partial charge in [0, 0.05) is 6.20 Å². The summed E-state index contributed by atoms with van der Waals surface area (Å²) in [6.07, 6.45) is 1.69. The Hall–Kier alpha value is -2.94. The highest BCUT2D eigenvalue weighted by Gasteiger charge is 2.24. The lowest BCUT2D eigenvalue weighted by molar-refractivity contribution is -0.145. The molecule has 0 saturated heterocycles. The number of esters is 1. The first-order chi connectivity index (χ1) is 11.3. The maximum Gasteiger partial charge on any atom is 0.318 e. The molecule has 1 aromatic heterocycles. The van der Waals surface area contributed by atoms with Crippen LogP contribution in [0, 0.1) is 0 Å². The van der Waals surface area contributed by atoms with Crippen molar-refractivity contribution in [3.05, 3.63) is 102 Å². The van der Waals surface area contributed by atoms with E-state index in [1.54, 1.807) is 6.20 Å². The molecule has 1 heterocycles. The monoisotopic (exact) mass is 303 g/mol. The van der Waals surface area contributed by atoms with Crippen molar-refractivity contribution in [3.63, 3.8) is 0 Å². The predicted molar refractivity (Wildman–Crippen MR) is 88.8 cm³/mol. The van der Waals surface area contributed by atoms with Gasteiger partial charge >= 0.3 is 5.97 Å². The quantitative estimate of drug-likeness (QED) is 0.670. The highest BCUT2D eigenvalue weighted by molar-refractivity contribution is 5.82. The molecule has 0 N–H and O–H groups in total. The van der Waals surface area contributed by atoms with E-state index in [1.807, 2.05) is 78.9 Å². The third kappa shape index (κ3) is 3.83. The Balaban J connectivity index is 1.82. The maximum absolute atomic E-state index is 12.7. The summed E-state index contributed by atoms with van der Waals surface area (Å²) in [6.45, 7) is 0.176. The summed E-state index contributed by atoms with van der Waals surface area (Å²) < 4.78 is 5.50. The Bertz CT molecular complexity index is 703. The second-order valence-corrected chi connectivity index (χ2v) is 5.18. The Morgan fingerprint density at radius 2 is 1.39 bits per heavy atom. The van der Waals surface area contributed by atoms with Gasteiger partial charge in [0.2, 0.25) is 0 Å². The average Bonchev–Trinajstić information content (AvgIpc) is 2.63. The molecule has 3 rings (SSSR count). The molecule has 2 aromatic carbocycles. The topological polar surface area (TPSA) is 39.2 Å². The van der Waals surface area contributed by atoms with E-state index in [1.165, 1.54) is 0 Å². The predicted octanol–water partition coefficient (Wildman–Crippen LogP) is 3.96. The third-order valence-corrected chi connectivity index (χ3v) is 3.59. The number of carbonyl (C=O) groups is 1. The van der Waals surface area contributed by atoms with Crippen LogP contribution in [-0.2, 0) is 16.1 Å². The summed E-state index contributed by atoms with van der Waals surface area (Å²) in [6, 6.07) is 24.9. The van der Waals surface area contributed by atoms with Crippen molar-refractivity contribution in [2.75, 3.05) is 0 Å². The molecule has 0 aliphatic rings. The molecule has 0 amide bonds. The molecule has 23 heavy (non-hydrogen) atoms. The highest BCUT2D eigenvalue weighted by Crippen LogP contribution is 2.26. The fourth-order valence-electron chi connectivity index (χ4n) is 2.47. The zero-order valence-corrected chi connectivity index (χ0v) is 12.6. The number of nitrogens with zero attached hydrogens (tertiary/aromatic N) is 1. The van der Waals surface area contributed by atoms with Crippen molar-refractivity contribution in [2.24, 2.45) is 0 Å². The van der Waals surface area contributed by atoms with Crippen molar-refractivity contribution < 1.29 is 9.53 Å². The van der Waals surface area contributed by atoms with Gasteiger partial charge in [0.15, 0.2) is 0 Å². The van der Waals surface area contributed by atoms with E-state index in [4.69, 9.17) is 4.74 Å². The summed E-state index contributed by atoms with van der Waals surface area (Å²) in [5.41, 5.74) is 2.58. The van der Waals surface area contributed by atoms with Crippen LogP contribution in [0.1, 0.15) is 22.7 Å². The Labute approximate surface area is 135 Å². The second-order valence-electron chi connectivity index (χ2n) is 5.18. The van der Waals surface area contributed by atoms with Crippen LogP contribution < -0.4 is 0 Å². The van der Waals surface area contributed by atoms with Gasteiger partial charge in [-0.15, -0.1) is 0 Å². The van der Waals surface area contributed by atoms with Gasteiger partial charge in [0.05, 0.1) is 5.69 Å². The first-order valence-corrected chi connectivity index (χ1v) is 7.51. The van der Waals surface area contributed by atoms with Crippen molar-refractivity contribution in [1.29, 1.82) is 0 Å². The van der Waals surface area contributed by atoms with Crippen molar-refractivity contribution >= 4 is 5.97 Å². The van der Waals surface area contributed by atoms with Crippen LogP contribution in [0.2, 0.25) is 0 Å². The van der Waals surface area contributed by atoms with E-state index >= 15 is 0 Å². The third-order valence-electron chi connectivity index (χ3n) is 3.59. The molecule has 0 radical (unpaired) electrons. The largest absolute Gasteiger partial charge is 0.458 e. The van der Waals surface area contributed by atoms with Crippen LogP contribution in [0.25, 0.3) is 0 Å². The maximum atomic E-state index is 12.7. The molecule has 3 nitrogen and oxygen atoms in total. The molecule has 0 atom stereocenters. The van der Waals surface area contributed by atoms with Crippen molar-refractivity contribution in [1.82, 2.24) is 4.98 Å². The Morgan fingerprint density at radius 1 is 0.826 bits per heavy atom. The lowest BCUT2D eigenvalue weighted by Gasteiger charge is -2.17. The summed E-state index contributed by atoms with van der Waals surface area (Å²) >= 11 is 0. The summed E-state index contributed by atoms with van der Waals surface area (Å²) in [5, 5.41) is 0. The SMILES string of the molecule is O=C(OCc1ccccn1)C(c1ccccc1)c1ccccc1. The number of pyridine rings is 1. The number of carbonyl (C=O) groups excluding carboxylic acids is 1. The van der Waals surface area contributed by atoms with Gasteiger partial charge in [0.1, 0.15) is 12.5 Å². The van der Waals surface area contributed by atoms with Crippen LogP contribution in [0.4, 0.5) is 0 Å². The minimum atomic E-state index is -0.430. The molecule has 0 fully saturated rings. The summed E-state index contributed by atoms with van der Waals surface area (Å²) in [7, 11) is 0. The van der Waals surface area contributed by atoms with Gasteiger partial charge in [-0.05, 0) is 23.3 Å². The molecule has 114 valence electrons. The fourth-order valence-corrected chi connectivity index (χ4v) is 2.47. The van der Waals surface area contributed by atoms with Gasteiger partial charge in [-0.1, -0.05) is 66.7 Å². The first-order valence-electron chi connectivity index (χ1n) is 7.51. The van der Waals surface area contributed by atoms with Crippen molar-refractivity contribution in [2.45, 2.75) is 12.5 Å². The van der Waals surface area contributed by atoms with Crippen LogP contribution >= 0.6 is 0 Å². The molecule has 3 heteroatoms. The number of hydrogen-bond donors (Lipinski definition) is 0. The van der Waals surface area contributed by atoms with E-state index < -0.39 is 5.92 Å². The molecule has 0 aliphatic heterocycles. The van der Waals surface area contributed by atoms with Gasteiger partial charge in [0.25, 0.3) is 0 Å². The second kappa shape index (κ2) is 7.36. The van der Waals surface area contributed by atoms with E-state index in [-0.39, 0.29) is 12.6 Å². The van der Waals surface area contributed by atoms with E-state index in [9.17, 15) is 4.79 Å². The minimum absolute atomic E-state index is 0.176. The first kappa shape index (κ1) is 15.0. The van der Waals surface area contributed by atoms with Gasteiger partial charge in [-0.3, -0.25) is 9.78 Å². The highest BCUT2D eigenvalue weighted by atomic mass is 16.5. The Kier molecular flexibility index (Phi) is 4.79. The van der Waals surface area contributed by atoms with Gasteiger partial charge in [-0.25, -0.2) is 0 Å². The van der Waals surface area contributed by atoms with Gasteiger partial charge in [-0.2, -0.15) is 0 Å². The number of hydrogen-bond acceptors (Lipinski definition) is 3. The molecular weight excluding hydrogens is 286 g/mol. The van der Waals surface area contributed by atoms with Crippen LogP contribution in [0.15, 0.2) is 85.1 Å². The Morgan fingerprint density at radius 3 is 1.91 bits per heavy atom. The standard InChI is InChI=1S/C20H17NO2/c22-20(23-15-18-13-7-8-14-21-18)19(16-9-3-1-4-10-16)17-11-5-2-6-12-17/h1-14,19H,15H2. The lowest BCUT2D eigenvalue weighted by Crippen LogP contribution is -2.17. The van der Waals surface area contributed by atoms with Crippen LogP contribution in [-0.4, -0.2) is 11.0 Å². The number of ether oxygens (including phenoxy) is 1. The van der Waals surface area contributed by atoms with Crippen LogP contribution in [0.5, 0.6) is 0 Å². The van der Waals surface area contributed by atoms with Gasteiger partial charge < -0.3 is 4.74 Å². The summed E-state index contributed by atoms with van der Waals surface area (Å²) in [5.74, 6) is -0.700. The molecule has 0 spiro atoms. The number of rotatable bonds is 5. The molecule has 3 aromatic rings. The minimum Gasteiger partial charge on any atom is -0.458 e. The number of benzene rings is 2. The molecule has 0 unspecified atom stereocenters. The van der Waals surface area contributed by atoms with E-state index in [2.05, 4.69) is 4.98 Å².